The highest BCUT2D eigenvalue weighted by atomic mass is 79.9. The second kappa shape index (κ2) is 8.39. The van der Waals surface area contributed by atoms with E-state index in [9.17, 15) is 14.4 Å². The van der Waals surface area contributed by atoms with Crippen molar-refractivity contribution in [2.75, 3.05) is 0 Å². The number of hydrogen-bond acceptors (Lipinski definition) is 4. The number of hydrogen-bond donors (Lipinski definition) is 2. The summed E-state index contributed by atoms with van der Waals surface area (Å²) in [7, 11) is 0. The fourth-order valence-electron chi connectivity index (χ4n) is 2.86. The number of carbonyl (C=O) groups is 1. The second-order valence-corrected chi connectivity index (χ2v) is 7.40. The summed E-state index contributed by atoms with van der Waals surface area (Å²) in [6.07, 6.45) is 1.30. The SMILES string of the molecule is Cc1cc(C)n(Cc2cccc(CNC(=O)Cn3cc(Br)c(=O)[nH]c3=O)c2)n1. The van der Waals surface area contributed by atoms with E-state index < -0.39 is 11.2 Å². The van der Waals surface area contributed by atoms with Gasteiger partial charge in [-0.05, 0) is 47.0 Å². The third-order valence-electron chi connectivity index (χ3n) is 4.20. The summed E-state index contributed by atoms with van der Waals surface area (Å²) in [5.41, 5.74) is 2.94. The Kier molecular flexibility index (Phi) is 5.93. The largest absolute Gasteiger partial charge is 0.350 e. The smallest absolute Gasteiger partial charge is 0.328 e. The summed E-state index contributed by atoms with van der Waals surface area (Å²) in [6, 6.07) is 9.92. The van der Waals surface area contributed by atoms with Crippen LogP contribution < -0.4 is 16.6 Å². The van der Waals surface area contributed by atoms with Crippen molar-refractivity contribution < 1.29 is 4.79 Å². The van der Waals surface area contributed by atoms with E-state index in [1.165, 1.54) is 6.20 Å². The molecule has 0 spiro atoms. The average Bonchev–Trinajstić information content (AvgIpc) is 2.95. The number of nitrogens with one attached hydrogen (secondary N) is 2. The molecule has 146 valence electrons. The lowest BCUT2D eigenvalue weighted by atomic mass is 10.1. The van der Waals surface area contributed by atoms with Gasteiger partial charge >= 0.3 is 5.69 Å². The van der Waals surface area contributed by atoms with Crippen molar-refractivity contribution in [3.05, 3.63) is 84.4 Å². The number of aromatic amines is 1. The third kappa shape index (κ3) is 4.86. The van der Waals surface area contributed by atoms with Crippen LogP contribution in [0.25, 0.3) is 0 Å². The van der Waals surface area contributed by atoms with Crippen LogP contribution in [0.1, 0.15) is 22.5 Å². The standard InChI is InChI=1S/C19H20BrN5O3/c1-12-6-13(2)25(23-12)9-15-5-3-4-14(7-15)8-21-17(26)11-24-10-16(20)18(27)22-19(24)28/h3-7,10H,8-9,11H2,1-2H3,(H,21,26)(H,22,27,28). The molecule has 1 aromatic carbocycles. The van der Waals surface area contributed by atoms with E-state index >= 15 is 0 Å². The summed E-state index contributed by atoms with van der Waals surface area (Å²) >= 11 is 3.05. The average molecular weight is 446 g/mol. The van der Waals surface area contributed by atoms with Gasteiger partial charge in [0, 0.05) is 18.4 Å². The molecule has 28 heavy (non-hydrogen) atoms. The first-order valence-corrected chi connectivity index (χ1v) is 9.46. The predicted molar refractivity (Wildman–Crippen MR) is 108 cm³/mol. The van der Waals surface area contributed by atoms with Crippen molar-refractivity contribution in [3.8, 4) is 0 Å². The van der Waals surface area contributed by atoms with E-state index in [2.05, 4.69) is 31.3 Å². The van der Waals surface area contributed by atoms with Crippen molar-refractivity contribution in [1.29, 1.82) is 0 Å². The number of halogens is 1. The molecule has 1 amide bonds. The zero-order valence-electron chi connectivity index (χ0n) is 15.5. The van der Waals surface area contributed by atoms with E-state index in [0.29, 0.717) is 13.1 Å². The van der Waals surface area contributed by atoms with Crippen molar-refractivity contribution >= 4 is 21.8 Å². The fourth-order valence-corrected chi connectivity index (χ4v) is 3.20. The molecule has 0 aliphatic carbocycles. The van der Waals surface area contributed by atoms with Crippen LogP contribution in [0.4, 0.5) is 0 Å². The predicted octanol–water partition coefficient (Wildman–Crippen LogP) is 1.48. The Morgan fingerprint density at radius 2 is 1.96 bits per heavy atom. The van der Waals surface area contributed by atoms with Gasteiger partial charge in [-0.2, -0.15) is 5.10 Å². The molecule has 0 fully saturated rings. The molecule has 0 radical (unpaired) electrons. The van der Waals surface area contributed by atoms with E-state index in [1.807, 2.05) is 48.9 Å². The van der Waals surface area contributed by atoms with Crippen molar-refractivity contribution in [2.24, 2.45) is 0 Å². The normalized spacial score (nSPS) is 10.8. The highest BCUT2D eigenvalue weighted by molar-refractivity contribution is 9.10. The molecule has 3 rings (SSSR count). The number of aromatic nitrogens is 4. The molecule has 0 saturated carbocycles. The zero-order chi connectivity index (χ0) is 20.3. The lowest BCUT2D eigenvalue weighted by Crippen LogP contribution is -2.35. The molecule has 9 heteroatoms. The Labute approximate surface area is 169 Å². The first-order valence-electron chi connectivity index (χ1n) is 8.66. The first kappa shape index (κ1) is 19.8. The van der Waals surface area contributed by atoms with Gasteiger partial charge < -0.3 is 5.32 Å². The minimum atomic E-state index is -0.629. The lowest BCUT2D eigenvalue weighted by molar-refractivity contribution is -0.121. The highest BCUT2D eigenvalue weighted by Gasteiger charge is 2.08. The third-order valence-corrected chi connectivity index (χ3v) is 4.76. The number of carbonyl (C=O) groups excluding carboxylic acids is 1. The number of benzene rings is 1. The monoisotopic (exact) mass is 445 g/mol. The minimum Gasteiger partial charge on any atom is -0.350 e. The molecular weight excluding hydrogens is 426 g/mol. The van der Waals surface area contributed by atoms with Gasteiger partial charge in [0.1, 0.15) is 6.54 Å². The molecule has 0 bridgehead atoms. The van der Waals surface area contributed by atoms with Gasteiger partial charge in [-0.1, -0.05) is 24.3 Å². The molecule has 0 saturated heterocycles. The van der Waals surface area contributed by atoms with Crippen molar-refractivity contribution in [1.82, 2.24) is 24.6 Å². The highest BCUT2D eigenvalue weighted by Crippen LogP contribution is 2.10. The maximum absolute atomic E-state index is 12.2. The Morgan fingerprint density at radius 1 is 1.21 bits per heavy atom. The van der Waals surface area contributed by atoms with Crippen LogP contribution in [0.2, 0.25) is 0 Å². The van der Waals surface area contributed by atoms with Crippen LogP contribution in [0.3, 0.4) is 0 Å². The van der Waals surface area contributed by atoms with E-state index in [-0.39, 0.29) is 16.9 Å². The second-order valence-electron chi connectivity index (χ2n) is 6.55. The van der Waals surface area contributed by atoms with Gasteiger partial charge in [0.15, 0.2) is 0 Å². The Hall–Kier alpha value is -2.94. The lowest BCUT2D eigenvalue weighted by Gasteiger charge is -2.09. The topological polar surface area (TPSA) is 102 Å². The summed E-state index contributed by atoms with van der Waals surface area (Å²) in [6.45, 7) is 4.79. The van der Waals surface area contributed by atoms with E-state index in [4.69, 9.17) is 0 Å². The number of amides is 1. The van der Waals surface area contributed by atoms with Crippen LogP contribution in [0.15, 0.2) is 50.6 Å². The molecule has 0 aliphatic heterocycles. The molecular formula is C19H20BrN5O3. The number of rotatable bonds is 6. The first-order chi connectivity index (χ1) is 13.3. The molecule has 2 aromatic heterocycles. The molecule has 0 atom stereocenters. The number of nitrogens with zero attached hydrogens (tertiary/aromatic N) is 3. The van der Waals surface area contributed by atoms with E-state index in [1.54, 1.807) is 0 Å². The van der Waals surface area contributed by atoms with E-state index in [0.717, 1.165) is 27.1 Å². The quantitative estimate of drug-likeness (QED) is 0.599. The molecule has 2 heterocycles. The maximum atomic E-state index is 12.2. The summed E-state index contributed by atoms with van der Waals surface area (Å²) in [5.74, 6) is -0.329. The zero-order valence-corrected chi connectivity index (χ0v) is 17.1. The summed E-state index contributed by atoms with van der Waals surface area (Å²) in [5, 5.41) is 7.25. The molecule has 8 nitrogen and oxygen atoms in total. The summed E-state index contributed by atoms with van der Waals surface area (Å²) in [4.78, 5) is 37.4. The maximum Gasteiger partial charge on any atom is 0.328 e. The van der Waals surface area contributed by atoms with Crippen LogP contribution in [-0.2, 0) is 24.4 Å². The van der Waals surface area contributed by atoms with Gasteiger partial charge in [-0.3, -0.25) is 23.8 Å². The van der Waals surface area contributed by atoms with Crippen molar-refractivity contribution in [2.45, 2.75) is 33.5 Å². The van der Waals surface area contributed by atoms with Gasteiger partial charge in [0.05, 0.1) is 16.7 Å². The molecule has 0 unspecified atom stereocenters. The summed E-state index contributed by atoms with van der Waals surface area (Å²) < 4.78 is 3.27. The minimum absolute atomic E-state index is 0.181. The van der Waals surface area contributed by atoms with Crippen molar-refractivity contribution in [3.63, 3.8) is 0 Å². The Balaban J connectivity index is 1.62. The van der Waals surface area contributed by atoms with Gasteiger partial charge in [0.25, 0.3) is 5.56 Å². The molecule has 2 N–H and O–H groups in total. The van der Waals surface area contributed by atoms with Gasteiger partial charge in [-0.25, -0.2) is 4.79 Å². The van der Waals surface area contributed by atoms with Crippen LogP contribution >= 0.6 is 15.9 Å². The Morgan fingerprint density at radius 3 is 2.68 bits per heavy atom. The van der Waals surface area contributed by atoms with Crippen LogP contribution in [-0.4, -0.2) is 25.2 Å². The number of H-pyrrole nitrogens is 1. The number of aryl methyl sites for hydroxylation is 2. The Bertz CT molecular complexity index is 1130. The molecule has 3 aromatic rings. The van der Waals surface area contributed by atoms with Crippen LogP contribution in [0.5, 0.6) is 0 Å². The molecule has 0 aliphatic rings. The fraction of sp³-hybridized carbons (Fsp3) is 0.263. The van der Waals surface area contributed by atoms with Gasteiger partial charge in [-0.15, -0.1) is 0 Å². The van der Waals surface area contributed by atoms with Gasteiger partial charge in [0.2, 0.25) is 5.91 Å². The van der Waals surface area contributed by atoms with Crippen LogP contribution in [0, 0.1) is 13.8 Å².